The lowest BCUT2D eigenvalue weighted by atomic mass is 9.94. The molecule has 134 valence electrons. The third-order valence-electron chi connectivity index (χ3n) is 6.09. The molecule has 6 heteroatoms. The zero-order valence-electron chi connectivity index (χ0n) is 14.8. The van der Waals surface area contributed by atoms with Crippen LogP contribution in [0.3, 0.4) is 0 Å². The number of hydrogen-bond acceptors (Lipinski definition) is 6. The normalized spacial score (nSPS) is 25.6. The maximum atomic E-state index is 5.05. The SMILES string of the molecule is c1c(C2CCCCN2)cc2nonc2c1N1CC(CN2CCCC2)C1. The van der Waals surface area contributed by atoms with Crippen molar-refractivity contribution in [2.45, 2.75) is 38.1 Å². The van der Waals surface area contributed by atoms with Crippen LogP contribution in [-0.2, 0) is 0 Å². The molecule has 3 aliphatic heterocycles. The Bertz CT molecular complexity index is 726. The third kappa shape index (κ3) is 3.02. The molecule has 4 heterocycles. The maximum absolute atomic E-state index is 5.05. The van der Waals surface area contributed by atoms with Gasteiger partial charge < -0.3 is 15.1 Å². The summed E-state index contributed by atoms with van der Waals surface area (Å²) < 4.78 is 5.05. The Morgan fingerprint density at radius 2 is 1.96 bits per heavy atom. The molecule has 25 heavy (non-hydrogen) atoms. The Morgan fingerprint density at radius 1 is 1.08 bits per heavy atom. The molecule has 1 N–H and O–H groups in total. The minimum absolute atomic E-state index is 0.440. The van der Waals surface area contributed by atoms with Crippen molar-refractivity contribution in [3.63, 3.8) is 0 Å². The largest absolute Gasteiger partial charge is 0.369 e. The first kappa shape index (κ1) is 15.6. The molecule has 1 unspecified atom stereocenters. The van der Waals surface area contributed by atoms with Gasteiger partial charge in [0, 0.05) is 31.6 Å². The van der Waals surface area contributed by atoms with Crippen molar-refractivity contribution in [3.05, 3.63) is 17.7 Å². The van der Waals surface area contributed by atoms with Gasteiger partial charge in [0.25, 0.3) is 0 Å². The summed E-state index contributed by atoms with van der Waals surface area (Å²) in [6.07, 6.45) is 6.52. The average Bonchev–Trinajstić information content (AvgIpc) is 3.29. The monoisotopic (exact) mass is 341 g/mol. The summed E-state index contributed by atoms with van der Waals surface area (Å²) in [5, 5.41) is 12.0. The van der Waals surface area contributed by atoms with Crippen LogP contribution in [0, 0.1) is 5.92 Å². The van der Waals surface area contributed by atoms with E-state index < -0.39 is 0 Å². The topological polar surface area (TPSA) is 57.4 Å². The highest BCUT2D eigenvalue weighted by molar-refractivity contribution is 5.89. The fourth-order valence-electron chi connectivity index (χ4n) is 4.68. The Labute approximate surface area is 148 Å². The number of rotatable bonds is 4. The quantitative estimate of drug-likeness (QED) is 0.922. The van der Waals surface area contributed by atoms with Crippen molar-refractivity contribution in [1.82, 2.24) is 20.5 Å². The molecule has 3 saturated heterocycles. The second-order valence-electron chi connectivity index (χ2n) is 7.95. The Hall–Kier alpha value is -1.66. The number of likely N-dealkylation sites (tertiary alicyclic amines) is 1. The zero-order valence-corrected chi connectivity index (χ0v) is 14.8. The molecule has 3 fully saturated rings. The molecule has 0 bridgehead atoms. The summed E-state index contributed by atoms with van der Waals surface area (Å²) in [5.74, 6) is 0.782. The van der Waals surface area contributed by atoms with Gasteiger partial charge >= 0.3 is 0 Å². The van der Waals surface area contributed by atoms with Crippen LogP contribution in [0.2, 0.25) is 0 Å². The number of anilines is 1. The molecule has 0 saturated carbocycles. The lowest BCUT2D eigenvalue weighted by Gasteiger charge is -2.42. The van der Waals surface area contributed by atoms with Crippen LogP contribution in [-0.4, -0.2) is 54.5 Å². The number of piperidine rings is 1. The number of fused-ring (bicyclic) bond motifs is 1. The Balaban J connectivity index is 1.34. The van der Waals surface area contributed by atoms with Gasteiger partial charge in [0.1, 0.15) is 5.52 Å². The predicted octanol–water partition coefficient (Wildman–Crippen LogP) is 2.57. The van der Waals surface area contributed by atoms with Crippen molar-refractivity contribution in [3.8, 4) is 0 Å². The van der Waals surface area contributed by atoms with Crippen LogP contribution in [0.25, 0.3) is 11.0 Å². The van der Waals surface area contributed by atoms with Gasteiger partial charge in [-0.15, -0.1) is 0 Å². The molecule has 0 radical (unpaired) electrons. The van der Waals surface area contributed by atoms with Crippen LogP contribution < -0.4 is 10.2 Å². The van der Waals surface area contributed by atoms with Crippen molar-refractivity contribution < 1.29 is 4.63 Å². The van der Waals surface area contributed by atoms with E-state index >= 15 is 0 Å². The van der Waals surface area contributed by atoms with Gasteiger partial charge in [-0.25, -0.2) is 4.63 Å². The number of aromatic nitrogens is 2. The van der Waals surface area contributed by atoms with Crippen LogP contribution in [0.4, 0.5) is 5.69 Å². The second-order valence-corrected chi connectivity index (χ2v) is 7.95. The van der Waals surface area contributed by atoms with E-state index in [4.69, 9.17) is 4.63 Å². The molecule has 6 nitrogen and oxygen atoms in total. The summed E-state index contributed by atoms with van der Waals surface area (Å²) in [6, 6.07) is 4.91. The first-order chi connectivity index (χ1) is 12.4. The van der Waals surface area contributed by atoms with Crippen LogP contribution in [0.5, 0.6) is 0 Å². The molecule has 1 aromatic heterocycles. The predicted molar refractivity (Wildman–Crippen MR) is 97.8 cm³/mol. The number of hydrogen-bond donors (Lipinski definition) is 1. The summed E-state index contributed by atoms with van der Waals surface area (Å²) >= 11 is 0. The summed E-state index contributed by atoms with van der Waals surface area (Å²) in [7, 11) is 0. The molecule has 0 amide bonds. The number of nitrogens with one attached hydrogen (secondary N) is 1. The van der Waals surface area contributed by atoms with Crippen molar-refractivity contribution in [2.24, 2.45) is 5.92 Å². The van der Waals surface area contributed by atoms with E-state index in [0.717, 1.165) is 36.6 Å². The highest BCUT2D eigenvalue weighted by Gasteiger charge is 2.31. The fourth-order valence-corrected chi connectivity index (χ4v) is 4.68. The molecule has 5 rings (SSSR count). The number of benzene rings is 1. The van der Waals surface area contributed by atoms with E-state index in [0.29, 0.717) is 6.04 Å². The molecular formula is C19H27N5O. The lowest BCUT2D eigenvalue weighted by Crippen LogP contribution is -2.51. The van der Waals surface area contributed by atoms with Gasteiger partial charge in [0.15, 0.2) is 5.52 Å². The van der Waals surface area contributed by atoms with Crippen molar-refractivity contribution in [2.75, 3.05) is 44.2 Å². The molecule has 0 spiro atoms. The first-order valence-electron chi connectivity index (χ1n) is 9.84. The van der Waals surface area contributed by atoms with Crippen LogP contribution in [0.15, 0.2) is 16.8 Å². The zero-order chi connectivity index (χ0) is 16.6. The Morgan fingerprint density at radius 3 is 2.76 bits per heavy atom. The summed E-state index contributed by atoms with van der Waals surface area (Å²) in [5.41, 5.74) is 4.35. The molecule has 3 aliphatic rings. The summed E-state index contributed by atoms with van der Waals surface area (Å²) in [4.78, 5) is 5.08. The first-order valence-corrected chi connectivity index (χ1v) is 9.84. The van der Waals surface area contributed by atoms with Crippen molar-refractivity contribution >= 4 is 16.7 Å². The van der Waals surface area contributed by atoms with Gasteiger partial charge in [0.05, 0.1) is 5.69 Å². The average molecular weight is 341 g/mol. The maximum Gasteiger partial charge on any atom is 0.158 e. The third-order valence-corrected chi connectivity index (χ3v) is 6.09. The van der Waals surface area contributed by atoms with Crippen LogP contribution >= 0.6 is 0 Å². The lowest BCUT2D eigenvalue weighted by molar-refractivity contribution is 0.247. The minimum atomic E-state index is 0.440. The molecule has 2 aromatic rings. The van der Waals surface area contributed by atoms with Gasteiger partial charge in [-0.05, 0) is 73.3 Å². The highest BCUT2D eigenvalue weighted by Crippen LogP contribution is 2.35. The number of nitrogens with zero attached hydrogens (tertiary/aromatic N) is 4. The molecule has 1 aromatic carbocycles. The summed E-state index contributed by atoms with van der Waals surface area (Å²) in [6.45, 7) is 7.19. The van der Waals surface area contributed by atoms with Gasteiger partial charge in [0.2, 0.25) is 0 Å². The van der Waals surface area contributed by atoms with E-state index in [1.54, 1.807) is 0 Å². The molecular weight excluding hydrogens is 314 g/mol. The smallest absolute Gasteiger partial charge is 0.158 e. The van der Waals surface area contributed by atoms with Crippen molar-refractivity contribution in [1.29, 1.82) is 0 Å². The van der Waals surface area contributed by atoms with Gasteiger partial charge in [-0.2, -0.15) is 0 Å². The second kappa shape index (κ2) is 6.57. The molecule has 1 atom stereocenters. The minimum Gasteiger partial charge on any atom is -0.369 e. The van der Waals surface area contributed by atoms with E-state index in [9.17, 15) is 0 Å². The molecule has 0 aliphatic carbocycles. The fraction of sp³-hybridized carbons (Fsp3) is 0.684. The highest BCUT2D eigenvalue weighted by atomic mass is 16.6. The van der Waals surface area contributed by atoms with Gasteiger partial charge in [-0.1, -0.05) is 6.42 Å². The van der Waals surface area contributed by atoms with Gasteiger partial charge in [-0.3, -0.25) is 0 Å². The van der Waals surface area contributed by atoms with E-state index in [1.165, 1.54) is 63.0 Å². The Kier molecular flexibility index (Phi) is 4.10. The van der Waals surface area contributed by atoms with E-state index in [2.05, 4.69) is 37.6 Å². The van der Waals surface area contributed by atoms with E-state index in [-0.39, 0.29) is 0 Å². The van der Waals surface area contributed by atoms with Crippen LogP contribution in [0.1, 0.15) is 43.7 Å². The standard InChI is InChI=1S/C19H27N5O/c1-2-6-20-16(5-1)15-9-17-19(22-25-21-17)18(10-15)24-12-14(13-24)11-23-7-3-4-8-23/h9-10,14,16,20H,1-8,11-13H2. The van der Waals surface area contributed by atoms with E-state index in [1.807, 2.05) is 0 Å².